The zero-order valence-corrected chi connectivity index (χ0v) is 19.9. The molecule has 0 aromatic carbocycles. The number of hydrogen-bond acceptors (Lipinski definition) is 9. The first-order chi connectivity index (χ1) is 15.1. The number of carbonyl (C=O) groups excluding carboxylic acids is 1. The SMILES string of the molecule is C=C1N=C(N)C(F)=CN1[C@H]1O[C@H](COP(C)(=O)N[C@@H](C)C(=O)OC(C)C)C(C)(CO)C1(F)F. The standard InChI is InChI=1S/C19H30F3N4O6P/c1-10(2)31-16(28)11(3)25-33(6,29)30-8-14-18(5,9-27)19(21,22)17(32-14)26-7-13(20)15(23)24-12(26)4/h7,10-11,14,17,27H,4,8-9H2,1-3,5-6H3,(H2,23,24)(H,25,29)/t11-,14+,17-,18?,33?/m0/s1. The molecule has 2 rings (SSSR count). The molecule has 0 saturated carbocycles. The van der Waals surface area contributed by atoms with Crippen LogP contribution in [0.5, 0.6) is 0 Å². The number of amidine groups is 1. The molecule has 4 N–H and O–H groups in total. The van der Waals surface area contributed by atoms with Gasteiger partial charge in [-0.3, -0.25) is 14.3 Å². The third-order valence-electron chi connectivity index (χ3n) is 5.31. The lowest BCUT2D eigenvalue weighted by Gasteiger charge is -2.36. The summed E-state index contributed by atoms with van der Waals surface area (Å²) in [6.45, 7) is 8.75. The van der Waals surface area contributed by atoms with E-state index in [1.165, 1.54) is 6.92 Å². The smallest absolute Gasteiger partial charge is 0.323 e. The Balaban J connectivity index is 2.17. The summed E-state index contributed by atoms with van der Waals surface area (Å²) < 4.78 is 73.2. The van der Waals surface area contributed by atoms with Gasteiger partial charge in [-0.25, -0.2) is 23.3 Å². The molecule has 33 heavy (non-hydrogen) atoms. The lowest BCUT2D eigenvalue weighted by molar-refractivity contribution is -0.161. The number of aliphatic hydroxyl groups is 1. The summed E-state index contributed by atoms with van der Waals surface area (Å²) in [6.07, 6.45) is -3.28. The normalized spacial score (nSPS) is 30.0. The lowest BCUT2D eigenvalue weighted by atomic mass is 9.80. The van der Waals surface area contributed by atoms with Crippen LogP contribution in [0.4, 0.5) is 13.2 Å². The maximum absolute atomic E-state index is 15.3. The highest BCUT2D eigenvalue weighted by Gasteiger charge is 2.68. The molecule has 188 valence electrons. The van der Waals surface area contributed by atoms with Crippen molar-refractivity contribution in [1.82, 2.24) is 9.99 Å². The summed E-state index contributed by atoms with van der Waals surface area (Å²) in [6, 6.07) is -1.00. The number of rotatable bonds is 9. The fraction of sp³-hybridized carbons (Fsp3) is 0.684. The van der Waals surface area contributed by atoms with Crippen molar-refractivity contribution < 1.29 is 41.6 Å². The molecule has 0 aromatic rings. The minimum absolute atomic E-state index is 0.291. The van der Waals surface area contributed by atoms with E-state index in [1.807, 2.05) is 0 Å². The monoisotopic (exact) mass is 498 g/mol. The lowest BCUT2D eigenvalue weighted by Crippen LogP contribution is -2.52. The van der Waals surface area contributed by atoms with Gasteiger partial charge in [0, 0.05) is 12.9 Å². The third-order valence-corrected chi connectivity index (χ3v) is 6.81. The second-order valence-electron chi connectivity index (χ2n) is 8.45. The van der Waals surface area contributed by atoms with Gasteiger partial charge in [0.1, 0.15) is 11.9 Å². The first-order valence-electron chi connectivity index (χ1n) is 10.1. The van der Waals surface area contributed by atoms with Crippen molar-refractivity contribution in [3.05, 3.63) is 24.4 Å². The Bertz CT molecular complexity index is 899. The summed E-state index contributed by atoms with van der Waals surface area (Å²) in [5, 5.41) is 12.3. The number of nitrogens with one attached hydrogen (secondary N) is 1. The Morgan fingerprint density at radius 1 is 1.48 bits per heavy atom. The van der Waals surface area contributed by atoms with Gasteiger partial charge in [-0.1, -0.05) is 6.58 Å². The van der Waals surface area contributed by atoms with Crippen LogP contribution >= 0.6 is 7.52 Å². The van der Waals surface area contributed by atoms with Gasteiger partial charge in [0.25, 0.3) is 7.52 Å². The highest BCUT2D eigenvalue weighted by molar-refractivity contribution is 7.56. The molecule has 2 heterocycles. The van der Waals surface area contributed by atoms with E-state index in [2.05, 4.69) is 16.7 Å². The van der Waals surface area contributed by atoms with Crippen molar-refractivity contribution in [1.29, 1.82) is 0 Å². The highest BCUT2D eigenvalue weighted by atomic mass is 31.2. The highest BCUT2D eigenvalue weighted by Crippen LogP contribution is 2.53. The van der Waals surface area contributed by atoms with Gasteiger partial charge in [-0.15, -0.1) is 0 Å². The molecule has 0 spiro atoms. The second-order valence-corrected chi connectivity index (χ2v) is 10.7. The summed E-state index contributed by atoms with van der Waals surface area (Å²) >= 11 is 0. The Morgan fingerprint density at radius 2 is 2.09 bits per heavy atom. The molecule has 14 heteroatoms. The molecule has 0 aliphatic carbocycles. The number of nitrogens with two attached hydrogens (primary N) is 1. The van der Waals surface area contributed by atoms with Crippen LogP contribution in [0.2, 0.25) is 0 Å². The van der Waals surface area contributed by atoms with Crippen molar-refractivity contribution in [2.75, 3.05) is 19.9 Å². The number of hydrogen-bond donors (Lipinski definition) is 3. The average Bonchev–Trinajstić information content (AvgIpc) is 2.88. The number of halogens is 3. The number of aliphatic hydroxyl groups excluding tert-OH is 1. The van der Waals surface area contributed by atoms with Crippen molar-refractivity contribution in [3.63, 3.8) is 0 Å². The molecule has 0 bridgehead atoms. The van der Waals surface area contributed by atoms with Crippen LogP contribution in [0.3, 0.4) is 0 Å². The van der Waals surface area contributed by atoms with Gasteiger partial charge in [0.15, 0.2) is 11.7 Å². The molecule has 5 atom stereocenters. The van der Waals surface area contributed by atoms with E-state index in [0.717, 1.165) is 13.6 Å². The number of alkyl halides is 2. The molecule has 1 fully saturated rings. The second kappa shape index (κ2) is 9.75. The number of aliphatic imine (C=N–C) groups is 1. The van der Waals surface area contributed by atoms with Gasteiger partial charge in [0.05, 0.1) is 30.8 Å². The van der Waals surface area contributed by atoms with Crippen molar-refractivity contribution in [3.8, 4) is 0 Å². The van der Waals surface area contributed by atoms with E-state index in [1.54, 1.807) is 13.8 Å². The van der Waals surface area contributed by atoms with Crippen molar-refractivity contribution in [2.24, 2.45) is 16.1 Å². The molecule has 2 aliphatic rings. The van der Waals surface area contributed by atoms with Gasteiger partial charge in [0.2, 0.25) is 6.23 Å². The quantitative estimate of drug-likeness (QED) is 0.322. The Morgan fingerprint density at radius 3 is 2.64 bits per heavy atom. The fourth-order valence-corrected chi connectivity index (χ4v) is 4.56. The number of nitrogens with zero attached hydrogens (tertiary/aromatic N) is 2. The van der Waals surface area contributed by atoms with E-state index < -0.39 is 74.2 Å². The van der Waals surface area contributed by atoms with Crippen molar-refractivity contribution in [2.45, 2.75) is 58.1 Å². The van der Waals surface area contributed by atoms with E-state index in [9.17, 15) is 18.9 Å². The number of ether oxygens (including phenoxy) is 2. The fourth-order valence-electron chi connectivity index (χ4n) is 3.26. The maximum atomic E-state index is 15.3. The summed E-state index contributed by atoms with van der Waals surface area (Å²) in [7, 11) is -3.69. The van der Waals surface area contributed by atoms with Crippen LogP contribution in [0.1, 0.15) is 27.7 Å². The molecule has 0 radical (unpaired) electrons. The Labute approximate surface area is 190 Å². The molecule has 0 aromatic heterocycles. The van der Waals surface area contributed by atoms with Crippen LogP contribution in [0, 0.1) is 5.41 Å². The molecular weight excluding hydrogens is 468 g/mol. The van der Waals surface area contributed by atoms with E-state index >= 15 is 8.78 Å². The largest absolute Gasteiger partial charge is 0.462 e. The van der Waals surface area contributed by atoms with E-state index in [0.29, 0.717) is 11.1 Å². The first-order valence-corrected chi connectivity index (χ1v) is 12.2. The summed E-state index contributed by atoms with van der Waals surface area (Å²) in [4.78, 5) is 16.2. The summed E-state index contributed by atoms with van der Waals surface area (Å²) in [5.41, 5.74) is 3.15. The van der Waals surface area contributed by atoms with Gasteiger partial charge < -0.3 is 24.8 Å². The van der Waals surface area contributed by atoms with Crippen LogP contribution in [-0.2, 0) is 23.4 Å². The minimum atomic E-state index is -3.74. The van der Waals surface area contributed by atoms with E-state index in [-0.39, 0.29) is 5.82 Å². The summed E-state index contributed by atoms with van der Waals surface area (Å²) in [5.74, 6) is -6.28. The van der Waals surface area contributed by atoms with Crippen LogP contribution in [-0.4, -0.2) is 72.1 Å². The van der Waals surface area contributed by atoms with E-state index in [4.69, 9.17) is 19.7 Å². The molecule has 0 amide bonds. The third kappa shape index (κ3) is 5.60. The maximum Gasteiger partial charge on any atom is 0.323 e. The molecule has 2 aliphatic heterocycles. The van der Waals surface area contributed by atoms with Crippen LogP contribution in [0.15, 0.2) is 29.4 Å². The molecular formula is C19H30F3N4O6P. The van der Waals surface area contributed by atoms with Gasteiger partial charge >= 0.3 is 11.9 Å². The zero-order valence-electron chi connectivity index (χ0n) is 19.0. The van der Waals surface area contributed by atoms with Crippen molar-refractivity contribution >= 4 is 19.3 Å². The molecule has 2 unspecified atom stereocenters. The minimum Gasteiger partial charge on any atom is -0.462 e. The average molecular weight is 498 g/mol. The first kappa shape index (κ1) is 27.3. The Hall–Kier alpha value is -1.92. The van der Waals surface area contributed by atoms with Gasteiger partial charge in [-0.05, 0) is 27.7 Å². The topological polar surface area (TPSA) is 136 Å². The molecule has 1 saturated heterocycles. The van der Waals surface area contributed by atoms with Crippen LogP contribution < -0.4 is 10.8 Å². The number of carbonyl (C=O) groups is 1. The van der Waals surface area contributed by atoms with Gasteiger partial charge in [-0.2, -0.15) is 0 Å². The predicted octanol–water partition coefficient (Wildman–Crippen LogP) is 2.07. The number of esters is 1. The Kier molecular flexibility index (Phi) is 8.07. The predicted molar refractivity (Wildman–Crippen MR) is 114 cm³/mol. The molecule has 10 nitrogen and oxygen atoms in total. The zero-order chi connectivity index (χ0) is 25.4. The van der Waals surface area contributed by atoms with Crippen LogP contribution in [0.25, 0.3) is 0 Å².